The van der Waals surface area contributed by atoms with E-state index in [0.29, 0.717) is 0 Å². The minimum atomic E-state index is 0. The van der Waals surface area contributed by atoms with Crippen LogP contribution in [-0.4, -0.2) is 0 Å². The van der Waals surface area contributed by atoms with E-state index in [1.54, 1.807) is 0 Å². The second-order valence-corrected chi connectivity index (χ2v) is 3.89. The van der Waals surface area contributed by atoms with Crippen LogP contribution in [0.4, 0.5) is 0 Å². The first-order valence-corrected chi connectivity index (χ1v) is 5.08. The Balaban J connectivity index is 0.00000196. The van der Waals surface area contributed by atoms with Gasteiger partial charge in [-0.05, 0) is 32.3 Å². The molecule has 0 amide bonds. The molecule has 1 atom stereocenters. The summed E-state index contributed by atoms with van der Waals surface area (Å²) in [4.78, 5) is 0. The van der Waals surface area contributed by atoms with Crippen LogP contribution in [0.5, 0.6) is 0 Å². The summed E-state index contributed by atoms with van der Waals surface area (Å²) in [5.74, 6) is 0. The molecular formula is C13H20ClN. The highest BCUT2D eigenvalue weighted by molar-refractivity contribution is 5.85. The van der Waals surface area contributed by atoms with Gasteiger partial charge in [-0.3, -0.25) is 0 Å². The highest BCUT2D eigenvalue weighted by atomic mass is 35.5. The number of nitrogens with two attached hydrogens (primary N) is 1. The van der Waals surface area contributed by atoms with Crippen molar-refractivity contribution in [2.24, 2.45) is 5.73 Å². The first-order valence-electron chi connectivity index (χ1n) is 5.08. The van der Waals surface area contributed by atoms with E-state index >= 15 is 0 Å². The molecule has 0 aromatic heterocycles. The summed E-state index contributed by atoms with van der Waals surface area (Å²) in [5.41, 5.74) is 9.88. The number of hydrogen-bond donors (Lipinski definition) is 1. The molecule has 0 radical (unpaired) electrons. The average molecular weight is 226 g/mol. The highest BCUT2D eigenvalue weighted by Gasteiger charge is 2.05. The second kappa shape index (κ2) is 6.65. The van der Waals surface area contributed by atoms with Gasteiger partial charge in [-0.15, -0.1) is 19.0 Å². The minimum absolute atomic E-state index is 0. The van der Waals surface area contributed by atoms with Crippen molar-refractivity contribution in [1.29, 1.82) is 0 Å². The quantitative estimate of drug-likeness (QED) is 0.778. The van der Waals surface area contributed by atoms with Gasteiger partial charge in [0.25, 0.3) is 0 Å². The van der Waals surface area contributed by atoms with Crippen molar-refractivity contribution < 1.29 is 0 Å². The van der Waals surface area contributed by atoms with E-state index in [1.165, 1.54) is 16.7 Å². The third-order valence-electron chi connectivity index (χ3n) is 2.35. The minimum Gasteiger partial charge on any atom is -0.324 e. The smallest absolute Gasteiger partial charge is 0.0297 e. The van der Waals surface area contributed by atoms with Gasteiger partial charge in [-0.2, -0.15) is 0 Å². The number of rotatable bonds is 4. The van der Waals surface area contributed by atoms with Crippen molar-refractivity contribution in [1.82, 2.24) is 0 Å². The summed E-state index contributed by atoms with van der Waals surface area (Å²) >= 11 is 0. The van der Waals surface area contributed by atoms with Gasteiger partial charge < -0.3 is 5.73 Å². The van der Waals surface area contributed by atoms with Crippen molar-refractivity contribution in [2.75, 3.05) is 0 Å². The molecule has 2 heteroatoms. The zero-order valence-corrected chi connectivity index (χ0v) is 10.3. The number of halogens is 1. The fourth-order valence-electron chi connectivity index (χ4n) is 1.69. The number of hydrogen-bond acceptors (Lipinski definition) is 1. The number of benzene rings is 1. The lowest BCUT2D eigenvalue weighted by molar-refractivity contribution is 0.660. The van der Waals surface area contributed by atoms with Crippen LogP contribution < -0.4 is 5.73 Å². The van der Waals surface area contributed by atoms with Crippen molar-refractivity contribution in [3.05, 3.63) is 47.5 Å². The van der Waals surface area contributed by atoms with Crippen LogP contribution in [0.2, 0.25) is 0 Å². The molecule has 0 heterocycles. The van der Waals surface area contributed by atoms with Gasteiger partial charge in [0.2, 0.25) is 0 Å². The van der Waals surface area contributed by atoms with Gasteiger partial charge in [-0.1, -0.05) is 35.4 Å². The van der Waals surface area contributed by atoms with E-state index in [2.05, 4.69) is 38.6 Å². The molecule has 0 aliphatic carbocycles. The summed E-state index contributed by atoms with van der Waals surface area (Å²) < 4.78 is 0. The number of allylic oxidation sites excluding steroid dienone is 1. The van der Waals surface area contributed by atoms with Crippen LogP contribution in [0, 0.1) is 13.8 Å². The largest absolute Gasteiger partial charge is 0.324 e. The molecular weight excluding hydrogens is 206 g/mol. The molecule has 0 aliphatic heterocycles. The van der Waals surface area contributed by atoms with Crippen LogP contribution >= 0.6 is 12.4 Å². The van der Waals surface area contributed by atoms with E-state index in [1.807, 2.05) is 6.08 Å². The lowest BCUT2D eigenvalue weighted by atomic mass is 9.99. The van der Waals surface area contributed by atoms with Gasteiger partial charge in [0, 0.05) is 6.04 Å². The molecule has 2 N–H and O–H groups in total. The first kappa shape index (κ1) is 14.2. The highest BCUT2D eigenvalue weighted by Crippen LogP contribution is 2.18. The normalized spacial score (nSPS) is 11.7. The molecule has 1 aromatic carbocycles. The SMILES string of the molecule is C=CCC[C@H](N)c1cc(C)cc(C)c1.Cl. The molecule has 84 valence electrons. The monoisotopic (exact) mass is 225 g/mol. The topological polar surface area (TPSA) is 26.0 Å². The fraction of sp³-hybridized carbons (Fsp3) is 0.385. The Hall–Kier alpha value is -0.790. The van der Waals surface area contributed by atoms with E-state index in [9.17, 15) is 0 Å². The Labute approximate surface area is 98.8 Å². The summed E-state index contributed by atoms with van der Waals surface area (Å²) in [6, 6.07) is 6.65. The zero-order valence-electron chi connectivity index (χ0n) is 9.49. The molecule has 0 saturated carbocycles. The second-order valence-electron chi connectivity index (χ2n) is 3.89. The Morgan fingerprint density at radius 1 is 1.27 bits per heavy atom. The molecule has 0 fully saturated rings. The summed E-state index contributed by atoms with van der Waals surface area (Å²) in [7, 11) is 0. The first-order chi connectivity index (χ1) is 6.63. The lowest BCUT2D eigenvalue weighted by Gasteiger charge is -2.12. The van der Waals surface area contributed by atoms with Crippen LogP contribution in [0.1, 0.15) is 35.6 Å². The van der Waals surface area contributed by atoms with Crippen molar-refractivity contribution in [3.8, 4) is 0 Å². The van der Waals surface area contributed by atoms with Crippen molar-refractivity contribution >= 4 is 12.4 Å². The molecule has 0 unspecified atom stereocenters. The fourth-order valence-corrected chi connectivity index (χ4v) is 1.69. The summed E-state index contributed by atoms with van der Waals surface area (Å²) in [5, 5.41) is 0. The number of aryl methyl sites for hydroxylation is 2. The molecule has 0 spiro atoms. The van der Waals surface area contributed by atoms with Crippen LogP contribution in [0.25, 0.3) is 0 Å². The van der Waals surface area contributed by atoms with Crippen molar-refractivity contribution in [2.45, 2.75) is 32.7 Å². The molecule has 1 nitrogen and oxygen atoms in total. The van der Waals surface area contributed by atoms with Gasteiger partial charge >= 0.3 is 0 Å². The maximum absolute atomic E-state index is 6.07. The molecule has 1 rings (SSSR count). The Morgan fingerprint density at radius 3 is 2.27 bits per heavy atom. The molecule has 0 saturated heterocycles. The Bertz CT molecular complexity index is 300. The van der Waals surface area contributed by atoms with Crippen LogP contribution in [-0.2, 0) is 0 Å². The standard InChI is InChI=1S/C13H19N.ClH/c1-4-5-6-13(14)12-8-10(2)7-11(3)9-12;/h4,7-9,13H,1,5-6,14H2,2-3H3;1H/t13-;/m0./s1. The maximum atomic E-state index is 6.07. The predicted octanol–water partition coefficient (Wildman–Crippen LogP) is 3.69. The third-order valence-corrected chi connectivity index (χ3v) is 2.35. The van der Waals surface area contributed by atoms with Gasteiger partial charge in [-0.25, -0.2) is 0 Å². The summed E-state index contributed by atoms with van der Waals surface area (Å²) in [6.45, 7) is 7.92. The molecule has 15 heavy (non-hydrogen) atoms. The predicted molar refractivity (Wildman–Crippen MR) is 69.5 cm³/mol. The van der Waals surface area contributed by atoms with E-state index in [4.69, 9.17) is 5.73 Å². The zero-order chi connectivity index (χ0) is 10.6. The summed E-state index contributed by atoms with van der Waals surface area (Å²) in [6.07, 6.45) is 3.88. The third kappa shape index (κ3) is 4.50. The van der Waals surface area contributed by atoms with Gasteiger partial charge in [0.05, 0.1) is 0 Å². The Kier molecular flexibility index (Phi) is 6.30. The van der Waals surface area contributed by atoms with Crippen molar-refractivity contribution in [3.63, 3.8) is 0 Å². The lowest BCUT2D eigenvalue weighted by Crippen LogP contribution is -2.10. The molecule has 0 bridgehead atoms. The average Bonchev–Trinajstić information content (AvgIpc) is 2.12. The van der Waals surface area contributed by atoms with E-state index in [0.717, 1.165) is 12.8 Å². The van der Waals surface area contributed by atoms with E-state index < -0.39 is 0 Å². The Morgan fingerprint density at radius 2 is 1.80 bits per heavy atom. The van der Waals surface area contributed by atoms with Crippen LogP contribution in [0.15, 0.2) is 30.9 Å². The van der Waals surface area contributed by atoms with E-state index in [-0.39, 0.29) is 18.4 Å². The molecule has 1 aromatic rings. The van der Waals surface area contributed by atoms with Gasteiger partial charge in [0.15, 0.2) is 0 Å². The maximum Gasteiger partial charge on any atom is 0.0297 e. The van der Waals surface area contributed by atoms with Gasteiger partial charge in [0.1, 0.15) is 0 Å². The van der Waals surface area contributed by atoms with Crippen LogP contribution in [0.3, 0.4) is 0 Å². The molecule has 0 aliphatic rings.